The summed E-state index contributed by atoms with van der Waals surface area (Å²) >= 11 is 0. The van der Waals surface area contributed by atoms with Crippen LogP contribution in [0.5, 0.6) is 0 Å². The lowest BCUT2D eigenvalue weighted by molar-refractivity contribution is 0.348. The van der Waals surface area contributed by atoms with E-state index in [1.54, 1.807) is 0 Å². The predicted octanol–water partition coefficient (Wildman–Crippen LogP) is 0.799. The van der Waals surface area contributed by atoms with Gasteiger partial charge in [0, 0.05) is 11.7 Å². The molecule has 0 bridgehead atoms. The van der Waals surface area contributed by atoms with Crippen molar-refractivity contribution >= 4 is 0 Å². The minimum atomic E-state index is 0.356. The first-order chi connectivity index (χ1) is 4.09. The first-order valence-electron chi connectivity index (χ1n) is 3.17. The molecule has 2 heteroatoms. The van der Waals surface area contributed by atoms with Crippen molar-refractivity contribution in [3.05, 3.63) is 11.8 Å². The Balaban J connectivity index is 3.88. The molecule has 9 heavy (non-hydrogen) atoms. The molecule has 0 saturated carbocycles. The molecule has 2 N–H and O–H groups in total. The second kappa shape index (κ2) is 3.51. The monoisotopic (exact) mass is 128 g/mol. The Bertz CT molecular complexity index is 105. The van der Waals surface area contributed by atoms with Gasteiger partial charge in [-0.15, -0.1) is 0 Å². The number of hydrogen-bond acceptors (Lipinski definition) is 2. The van der Waals surface area contributed by atoms with Crippen LogP contribution in [0, 0.1) is 0 Å². The van der Waals surface area contributed by atoms with E-state index in [1.165, 1.54) is 0 Å². The number of nitrogens with two attached hydrogens (primary N) is 1. The zero-order chi connectivity index (χ0) is 7.44. The first kappa shape index (κ1) is 8.50. The molecule has 0 amide bonds. The van der Waals surface area contributed by atoms with Gasteiger partial charge in [0.15, 0.2) is 0 Å². The number of allylic oxidation sites excluding steroid dienone is 1. The predicted molar refractivity (Wildman–Crippen MR) is 41.1 cm³/mol. The van der Waals surface area contributed by atoms with E-state index in [0.717, 1.165) is 5.70 Å². The lowest BCUT2D eigenvalue weighted by atomic mass is 10.2. The van der Waals surface area contributed by atoms with E-state index in [-0.39, 0.29) is 0 Å². The maximum atomic E-state index is 5.64. The molecule has 0 aromatic carbocycles. The molecule has 0 aliphatic carbocycles. The third kappa shape index (κ3) is 2.51. The van der Waals surface area contributed by atoms with Crippen molar-refractivity contribution in [2.24, 2.45) is 5.73 Å². The van der Waals surface area contributed by atoms with Crippen molar-refractivity contribution in [1.29, 1.82) is 0 Å². The van der Waals surface area contributed by atoms with E-state index in [2.05, 4.69) is 11.8 Å². The Hall–Kier alpha value is -0.500. The molecule has 0 fully saturated rings. The van der Waals surface area contributed by atoms with Gasteiger partial charge >= 0.3 is 0 Å². The molecule has 1 atom stereocenters. The highest BCUT2D eigenvalue weighted by Crippen LogP contribution is 1.98. The average molecular weight is 128 g/mol. The fraction of sp³-hybridized carbons (Fsp3) is 0.714. The van der Waals surface area contributed by atoms with Crippen molar-refractivity contribution in [2.45, 2.75) is 19.9 Å². The fourth-order valence-corrected chi connectivity index (χ4v) is 0.539. The lowest BCUT2D eigenvalue weighted by Crippen LogP contribution is -2.29. The van der Waals surface area contributed by atoms with Crippen molar-refractivity contribution in [3.63, 3.8) is 0 Å². The molecule has 0 aromatic heterocycles. The van der Waals surface area contributed by atoms with Crippen LogP contribution in [0.2, 0.25) is 0 Å². The van der Waals surface area contributed by atoms with Gasteiger partial charge < -0.3 is 10.6 Å². The molecule has 0 rings (SSSR count). The quantitative estimate of drug-likeness (QED) is 0.596. The zero-order valence-electron chi connectivity index (χ0n) is 6.68. The van der Waals surface area contributed by atoms with Crippen molar-refractivity contribution in [1.82, 2.24) is 4.90 Å². The Morgan fingerprint density at radius 1 is 1.56 bits per heavy atom. The Labute approximate surface area is 57.3 Å². The normalized spacial score (nSPS) is 16.3. The SMILES string of the molecule is C/C=C(/N)C(C)N(C)C. The minimum absolute atomic E-state index is 0.356. The Kier molecular flexibility index (Phi) is 3.32. The molecule has 0 aromatic rings. The van der Waals surface area contributed by atoms with Gasteiger partial charge in [0.2, 0.25) is 0 Å². The Morgan fingerprint density at radius 2 is 2.00 bits per heavy atom. The van der Waals surface area contributed by atoms with E-state index >= 15 is 0 Å². The van der Waals surface area contributed by atoms with Crippen LogP contribution < -0.4 is 5.73 Å². The average Bonchev–Trinajstić information content (AvgIpc) is 1.84. The molecular weight excluding hydrogens is 112 g/mol. The van der Waals surface area contributed by atoms with E-state index in [1.807, 2.05) is 27.1 Å². The molecule has 1 unspecified atom stereocenters. The van der Waals surface area contributed by atoms with E-state index < -0.39 is 0 Å². The summed E-state index contributed by atoms with van der Waals surface area (Å²) in [6.45, 7) is 4.03. The third-order valence-electron chi connectivity index (χ3n) is 1.59. The molecule has 0 aliphatic heterocycles. The number of hydrogen-bond donors (Lipinski definition) is 1. The topological polar surface area (TPSA) is 29.3 Å². The summed E-state index contributed by atoms with van der Waals surface area (Å²) < 4.78 is 0. The maximum Gasteiger partial charge on any atom is 0.0455 e. The first-order valence-corrected chi connectivity index (χ1v) is 3.17. The molecule has 0 aliphatic rings. The van der Waals surface area contributed by atoms with Crippen molar-refractivity contribution in [3.8, 4) is 0 Å². The minimum Gasteiger partial charge on any atom is -0.401 e. The van der Waals surface area contributed by atoms with E-state index in [9.17, 15) is 0 Å². The van der Waals surface area contributed by atoms with Crippen LogP contribution in [0.15, 0.2) is 11.8 Å². The second-order valence-corrected chi connectivity index (χ2v) is 2.43. The van der Waals surface area contributed by atoms with Gasteiger partial charge in [-0.05, 0) is 27.9 Å². The number of likely N-dealkylation sites (N-methyl/N-ethyl adjacent to an activating group) is 1. The summed E-state index contributed by atoms with van der Waals surface area (Å²) in [5.74, 6) is 0. The van der Waals surface area contributed by atoms with Crippen molar-refractivity contribution in [2.75, 3.05) is 14.1 Å². The third-order valence-corrected chi connectivity index (χ3v) is 1.59. The molecular formula is C7H16N2. The largest absolute Gasteiger partial charge is 0.401 e. The molecule has 0 spiro atoms. The van der Waals surface area contributed by atoms with Crippen LogP contribution in [0.25, 0.3) is 0 Å². The van der Waals surface area contributed by atoms with Gasteiger partial charge in [-0.3, -0.25) is 0 Å². The van der Waals surface area contributed by atoms with Crippen LogP contribution in [0.4, 0.5) is 0 Å². The lowest BCUT2D eigenvalue weighted by Gasteiger charge is -2.19. The van der Waals surface area contributed by atoms with Gasteiger partial charge in [-0.2, -0.15) is 0 Å². The highest BCUT2D eigenvalue weighted by atomic mass is 15.1. The van der Waals surface area contributed by atoms with E-state index in [4.69, 9.17) is 5.73 Å². The van der Waals surface area contributed by atoms with Gasteiger partial charge in [-0.1, -0.05) is 6.08 Å². The fourth-order valence-electron chi connectivity index (χ4n) is 0.539. The van der Waals surface area contributed by atoms with Gasteiger partial charge in [0.25, 0.3) is 0 Å². The van der Waals surface area contributed by atoms with Crippen LogP contribution >= 0.6 is 0 Å². The smallest absolute Gasteiger partial charge is 0.0455 e. The summed E-state index contributed by atoms with van der Waals surface area (Å²) in [4.78, 5) is 2.08. The van der Waals surface area contributed by atoms with Gasteiger partial charge in [0.1, 0.15) is 0 Å². The highest BCUT2D eigenvalue weighted by Gasteiger charge is 2.04. The summed E-state index contributed by atoms with van der Waals surface area (Å²) in [6.07, 6.45) is 1.94. The molecule has 0 heterocycles. The summed E-state index contributed by atoms with van der Waals surface area (Å²) in [7, 11) is 4.03. The summed E-state index contributed by atoms with van der Waals surface area (Å²) in [6, 6.07) is 0.356. The second-order valence-electron chi connectivity index (χ2n) is 2.43. The molecule has 2 nitrogen and oxygen atoms in total. The van der Waals surface area contributed by atoms with Crippen molar-refractivity contribution < 1.29 is 0 Å². The van der Waals surface area contributed by atoms with E-state index in [0.29, 0.717) is 6.04 Å². The number of rotatable bonds is 2. The van der Waals surface area contributed by atoms with Gasteiger partial charge in [0.05, 0.1) is 0 Å². The van der Waals surface area contributed by atoms with Crippen LogP contribution in [-0.4, -0.2) is 25.0 Å². The molecule has 0 saturated heterocycles. The van der Waals surface area contributed by atoms with Crippen LogP contribution in [-0.2, 0) is 0 Å². The summed E-state index contributed by atoms with van der Waals surface area (Å²) in [5, 5.41) is 0. The van der Waals surface area contributed by atoms with Gasteiger partial charge in [-0.25, -0.2) is 0 Å². The number of nitrogens with zero attached hydrogens (tertiary/aromatic N) is 1. The standard InChI is InChI=1S/C7H16N2/c1-5-7(8)6(2)9(3)4/h5-6H,8H2,1-4H3/b7-5+. The van der Waals surface area contributed by atoms with Crippen LogP contribution in [0.3, 0.4) is 0 Å². The summed E-state index contributed by atoms with van der Waals surface area (Å²) in [5.41, 5.74) is 6.57. The zero-order valence-corrected chi connectivity index (χ0v) is 6.68. The molecule has 0 radical (unpaired) electrons. The molecule has 54 valence electrons. The Morgan fingerprint density at radius 3 is 2.11 bits per heavy atom. The maximum absolute atomic E-state index is 5.64. The highest BCUT2D eigenvalue weighted by molar-refractivity contribution is 5.02. The van der Waals surface area contributed by atoms with Crippen LogP contribution in [0.1, 0.15) is 13.8 Å².